The largest absolute Gasteiger partial charge is 4.00 e. The second-order valence-electron chi connectivity index (χ2n) is 7.22. The van der Waals surface area contributed by atoms with E-state index in [-0.39, 0.29) is 51.0 Å². The average Bonchev–Trinajstić information content (AvgIpc) is 3.38. The Kier molecular flexibility index (Phi) is 8.71. The van der Waals surface area contributed by atoms with E-state index in [1.807, 2.05) is 0 Å². The van der Waals surface area contributed by atoms with E-state index in [9.17, 15) is 0 Å². The van der Waals surface area contributed by atoms with Gasteiger partial charge in [-0.2, -0.15) is 24.3 Å². The molecule has 144 valence electrons. The smallest absolute Gasteiger partial charge is 1.00 e. The van der Waals surface area contributed by atoms with Gasteiger partial charge in [0.25, 0.3) is 0 Å². The Morgan fingerprint density at radius 2 is 1.03 bits per heavy atom. The number of hydrogen-bond acceptors (Lipinski definition) is 0. The van der Waals surface area contributed by atoms with Gasteiger partial charge >= 0.3 is 26.2 Å². The van der Waals surface area contributed by atoms with E-state index in [4.69, 9.17) is 0 Å². The molecule has 0 nitrogen and oxygen atoms in total. The van der Waals surface area contributed by atoms with Gasteiger partial charge in [-0.15, -0.1) is 57.9 Å². The number of rotatable bonds is 0. The Morgan fingerprint density at radius 1 is 0.586 bits per heavy atom. The molecule has 0 N–H and O–H groups in total. The van der Waals surface area contributed by atoms with Gasteiger partial charge in [-0.1, -0.05) is 46.6 Å². The molecule has 29 heavy (non-hydrogen) atoms. The van der Waals surface area contributed by atoms with Gasteiger partial charge < -0.3 is 24.8 Å². The Balaban J connectivity index is 0.000000187. The standard InChI is InChI=1S/2C13H11.2ClH.Zr/c2*1-2-6-12-10(4-1)8-9-11-5-3-7-13(11)12;;;/h2*2-3,5-9H,1,4H2;2*1H;/q2*-1;;;+4/p-2. The van der Waals surface area contributed by atoms with Crippen molar-refractivity contribution in [2.45, 2.75) is 25.7 Å². The van der Waals surface area contributed by atoms with E-state index in [2.05, 4.69) is 85.0 Å². The van der Waals surface area contributed by atoms with Crippen LogP contribution >= 0.6 is 0 Å². The number of hydrogen-bond donors (Lipinski definition) is 0. The van der Waals surface area contributed by atoms with Crippen LogP contribution in [0.2, 0.25) is 0 Å². The summed E-state index contributed by atoms with van der Waals surface area (Å²) in [6, 6.07) is 22.0. The molecule has 6 rings (SSSR count). The summed E-state index contributed by atoms with van der Waals surface area (Å²) < 4.78 is 0. The summed E-state index contributed by atoms with van der Waals surface area (Å²) in [5.41, 5.74) is 5.88. The zero-order valence-electron chi connectivity index (χ0n) is 16.2. The van der Waals surface area contributed by atoms with Gasteiger partial charge in [0.1, 0.15) is 0 Å². The van der Waals surface area contributed by atoms with E-state index >= 15 is 0 Å². The summed E-state index contributed by atoms with van der Waals surface area (Å²) in [6.45, 7) is 0. The molecule has 0 atom stereocenters. The third-order valence-corrected chi connectivity index (χ3v) is 5.63. The molecule has 3 heteroatoms. The number of fused-ring (bicyclic) bond motifs is 6. The molecule has 4 aromatic rings. The predicted molar refractivity (Wildman–Crippen MR) is 114 cm³/mol. The van der Waals surface area contributed by atoms with Crippen LogP contribution in [0.3, 0.4) is 0 Å². The molecule has 0 aliphatic heterocycles. The van der Waals surface area contributed by atoms with Crippen LogP contribution in [0, 0.1) is 0 Å². The second-order valence-corrected chi connectivity index (χ2v) is 7.22. The topological polar surface area (TPSA) is 0 Å². The molecule has 0 fully saturated rings. The average molecular weight is 497 g/mol. The first-order valence-electron chi connectivity index (χ1n) is 9.58. The van der Waals surface area contributed by atoms with Crippen molar-refractivity contribution in [3.63, 3.8) is 0 Å². The Bertz CT molecular complexity index is 1050. The molecule has 4 aromatic carbocycles. The molecule has 0 spiro atoms. The third kappa shape index (κ3) is 4.69. The number of benzene rings is 2. The summed E-state index contributed by atoms with van der Waals surface area (Å²) in [7, 11) is 0. The van der Waals surface area contributed by atoms with Crippen molar-refractivity contribution in [2.75, 3.05) is 0 Å². The Morgan fingerprint density at radius 3 is 1.48 bits per heavy atom. The van der Waals surface area contributed by atoms with Crippen LogP contribution in [-0.4, -0.2) is 0 Å². The first-order valence-corrected chi connectivity index (χ1v) is 9.58. The zero-order valence-corrected chi connectivity index (χ0v) is 20.1. The summed E-state index contributed by atoms with van der Waals surface area (Å²) in [4.78, 5) is 0. The number of aryl methyl sites for hydroxylation is 2. The van der Waals surface area contributed by atoms with Crippen molar-refractivity contribution in [2.24, 2.45) is 0 Å². The molecule has 0 bridgehead atoms. The van der Waals surface area contributed by atoms with Crippen molar-refractivity contribution in [3.05, 3.63) is 95.1 Å². The molecular weight excluding hydrogens is 474 g/mol. The van der Waals surface area contributed by atoms with Gasteiger partial charge in [-0.25, -0.2) is 0 Å². The first kappa shape index (κ1) is 23.9. The van der Waals surface area contributed by atoms with Crippen molar-refractivity contribution >= 4 is 33.7 Å². The quantitative estimate of drug-likeness (QED) is 0.319. The SMILES string of the molecule is C1=Cc2c(ccc3[cH-]ccc23)CC1.C1=Cc2c(ccc3[cH-]ccc23)CC1.[Cl-].[Cl-].[Zr+4]. The van der Waals surface area contributed by atoms with Gasteiger partial charge in [0.05, 0.1) is 0 Å². The molecule has 2 aliphatic carbocycles. The molecule has 0 saturated carbocycles. The summed E-state index contributed by atoms with van der Waals surface area (Å²) in [6.07, 6.45) is 13.9. The molecular formula is C26H22Cl2Zr. The number of allylic oxidation sites excluding steroid dienone is 2. The minimum atomic E-state index is 0. The van der Waals surface area contributed by atoms with E-state index in [0.717, 1.165) is 0 Å². The van der Waals surface area contributed by atoms with Crippen molar-refractivity contribution < 1.29 is 51.0 Å². The minimum Gasteiger partial charge on any atom is -1.00 e. The van der Waals surface area contributed by atoms with Crippen LogP contribution in [0.25, 0.3) is 33.7 Å². The van der Waals surface area contributed by atoms with E-state index < -0.39 is 0 Å². The van der Waals surface area contributed by atoms with E-state index in [0.29, 0.717) is 0 Å². The third-order valence-electron chi connectivity index (χ3n) is 5.63. The van der Waals surface area contributed by atoms with E-state index in [1.54, 1.807) is 0 Å². The Labute approximate surface area is 204 Å². The van der Waals surface area contributed by atoms with Crippen LogP contribution < -0.4 is 24.8 Å². The van der Waals surface area contributed by atoms with Crippen LogP contribution in [-0.2, 0) is 39.0 Å². The maximum Gasteiger partial charge on any atom is 4.00 e. The fourth-order valence-corrected chi connectivity index (χ4v) is 4.27. The van der Waals surface area contributed by atoms with Crippen molar-refractivity contribution in [1.82, 2.24) is 0 Å². The Hall–Kier alpha value is -1.40. The zero-order chi connectivity index (χ0) is 17.3. The van der Waals surface area contributed by atoms with Crippen LogP contribution in [0.15, 0.2) is 72.8 Å². The summed E-state index contributed by atoms with van der Waals surface area (Å²) >= 11 is 0. The minimum absolute atomic E-state index is 0. The molecule has 0 amide bonds. The monoisotopic (exact) mass is 494 g/mol. The van der Waals surface area contributed by atoms with Gasteiger partial charge in [0.15, 0.2) is 0 Å². The summed E-state index contributed by atoms with van der Waals surface area (Å²) in [5, 5.41) is 5.55. The summed E-state index contributed by atoms with van der Waals surface area (Å²) in [5.74, 6) is 0. The molecule has 0 aromatic heterocycles. The maximum absolute atomic E-state index is 2.27. The first-order chi connectivity index (χ1) is 12.9. The van der Waals surface area contributed by atoms with Gasteiger partial charge in [-0.05, 0) is 25.7 Å². The van der Waals surface area contributed by atoms with Crippen LogP contribution in [0.1, 0.15) is 35.1 Å². The van der Waals surface area contributed by atoms with Crippen LogP contribution in [0.5, 0.6) is 0 Å². The van der Waals surface area contributed by atoms with Gasteiger partial charge in [-0.3, -0.25) is 0 Å². The fraction of sp³-hybridized carbons (Fsp3) is 0.154. The van der Waals surface area contributed by atoms with Gasteiger partial charge in [0.2, 0.25) is 0 Å². The molecule has 0 unspecified atom stereocenters. The second kappa shape index (κ2) is 10.6. The van der Waals surface area contributed by atoms with Crippen LogP contribution in [0.4, 0.5) is 0 Å². The molecule has 0 radical (unpaired) electrons. The normalized spacial score (nSPS) is 13.2. The predicted octanol–water partition coefficient (Wildman–Crippen LogP) is 1.04. The van der Waals surface area contributed by atoms with Crippen molar-refractivity contribution in [3.8, 4) is 0 Å². The fourth-order valence-electron chi connectivity index (χ4n) is 4.27. The molecule has 2 aliphatic rings. The van der Waals surface area contributed by atoms with E-state index in [1.165, 1.54) is 69.5 Å². The maximum atomic E-state index is 2.27. The number of halogens is 2. The molecule has 0 saturated heterocycles. The molecule has 0 heterocycles. The van der Waals surface area contributed by atoms with Crippen molar-refractivity contribution in [1.29, 1.82) is 0 Å². The van der Waals surface area contributed by atoms with Gasteiger partial charge in [0, 0.05) is 0 Å².